The van der Waals surface area contributed by atoms with Crippen LogP contribution in [-0.2, 0) is 12.3 Å². The highest BCUT2D eigenvalue weighted by Gasteiger charge is 2.29. The van der Waals surface area contributed by atoms with Gasteiger partial charge in [-0.05, 0) is 24.0 Å². The number of halogens is 3. The van der Waals surface area contributed by atoms with E-state index in [1.165, 1.54) is 12.1 Å². The van der Waals surface area contributed by atoms with Gasteiger partial charge in [0.1, 0.15) is 0 Å². The van der Waals surface area contributed by atoms with Gasteiger partial charge in [-0.3, -0.25) is 0 Å². The molecule has 90 valence electrons. The molecule has 1 aromatic rings. The predicted molar refractivity (Wildman–Crippen MR) is 65.6 cm³/mol. The average molecular weight is 292 g/mol. The molecular formula is C12H16BrF2N. The molecule has 1 nitrogen and oxygen atoms in total. The maximum absolute atomic E-state index is 13.3. The second-order valence-electron chi connectivity index (χ2n) is 4.31. The molecule has 0 aliphatic heterocycles. The van der Waals surface area contributed by atoms with Gasteiger partial charge in [0.05, 0.1) is 6.54 Å². The highest BCUT2D eigenvalue weighted by molar-refractivity contribution is 9.10. The van der Waals surface area contributed by atoms with E-state index in [1.807, 2.05) is 0 Å². The lowest BCUT2D eigenvalue weighted by atomic mass is 10.00. The molecule has 0 unspecified atom stereocenters. The van der Waals surface area contributed by atoms with Crippen LogP contribution in [0.25, 0.3) is 0 Å². The third-order valence-corrected chi connectivity index (χ3v) is 3.10. The summed E-state index contributed by atoms with van der Waals surface area (Å²) in [6, 6.07) is 4.66. The van der Waals surface area contributed by atoms with E-state index in [2.05, 4.69) is 29.8 Å². The Hall–Kier alpha value is -0.480. The van der Waals surface area contributed by atoms with E-state index in [0.717, 1.165) is 16.5 Å². The first-order valence-corrected chi connectivity index (χ1v) is 6.03. The normalized spacial score (nSPS) is 12.2. The van der Waals surface area contributed by atoms with Gasteiger partial charge in [0.2, 0.25) is 0 Å². The minimum absolute atomic E-state index is 0.0330. The van der Waals surface area contributed by atoms with Gasteiger partial charge < -0.3 is 5.73 Å². The quantitative estimate of drug-likeness (QED) is 0.899. The maximum Gasteiger partial charge on any atom is 0.285 e. The standard InChI is InChI=1S/C12H16BrF2N/c1-8(2)5-9-3-4-10(6-11(9)13)12(14,15)7-16/h3-4,6,8H,5,7,16H2,1-2H3. The molecule has 0 spiro atoms. The van der Waals surface area contributed by atoms with Gasteiger partial charge in [0.25, 0.3) is 5.92 Å². The van der Waals surface area contributed by atoms with Gasteiger partial charge in [-0.15, -0.1) is 0 Å². The summed E-state index contributed by atoms with van der Waals surface area (Å²) in [5, 5.41) is 0. The zero-order valence-corrected chi connectivity index (χ0v) is 11.0. The van der Waals surface area contributed by atoms with Crippen LogP contribution in [0.4, 0.5) is 8.78 Å². The Morgan fingerprint density at radius 1 is 1.38 bits per heavy atom. The Balaban J connectivity index is 2.99. The second kappa shape index (κ2) is 5.23. The molecule has 0 bridgehead atoms. The van der Waals surface area contributed by atoms with Gasteiger partial charge in [-0.2, -0.15) is 8.78 Å². The van der Waals surface area contributed by atoms with E-state index in [1.54, 1.807) is 6.07 Å². The third-order valence-electron chi connectivity index (χ3n) is 2.36. The first-order chi connectivity index (χ1) is 7.36. The van der Waals surface area contributed by atoms with E-state index < -0.39 is 12.5 Å². The Labute approximate surface area is 103 Å². The number of rotatable bonds is 4. The monoisotopic (exact) mass is 291 g/mol. The minimum atomic E-state index is -2.95. The van der Waals surface area contributed by atoms with Crippen molar-refractivity contribution in [2.24, 2.45) is 11.7 Å². The molecule has 0 saturated carbocycles. The smallest absolute Gasteiger partial charge is 0.285 e. The van der Waals surface area contributed by atoms with Crippen molar-refractivity contribution < 1.29 is 8.78 Å². The molecule has 0 radical (unpaired) electrons. The summed E-state index contributed by atoms with van der Waals surface area (Å²) in [6.45, 7) is 3.52. The molecule has 0 aliphatic carbocycles. The first-order valence-electron chi connectivity index (χ1n) is 5.23. The average Bonchev–Trinajstić information content (AvgIpc) is 2.20. The summed E-state index contributed by atoms with van der Waals surface area (Å²) in [6.07, 6.45) is 0.870. The number of nitrogens with two attached hydrogens (primary N) is 1. The zero-order valence-electron chi connectivity index (χ0n) is 9.43. The Morgan fingerprint density at radius 2 is 2.00 bits per heavy atom. The van der Waals surface area contributed by atoms with Crippen LogP contribution in [0.2, 0.25) is 0 Å². The van der Waals surface area contributed by atoms with E-state index >= 15 is 0 Å². The van der Waals surface area contributed by atoms with Crippen molar-refractivity contribution in [1.29, 1.82) is 0 Å². The summed E-state index contributed by atoms with van der Waals surface area (Å²) in [5.41, 5.74) is 6.06. The summed E-state index contributed by atoms with van der Waals surface area (Å²) in [4.78, 5) is 0. The summed E-state index contributed by atoms with van der Waals surface area (Å²) in [5.74, 6) is -2.45. The lowest BCUT2D eigenvalue weighted by Gasteiger charge is -2.16. The van der Waals surface area contributed by atoms with Crippen molar-refractivity contribution in [1.82, 2.24) is 0 Å². The fourth-order valence-electron chi connectivity index (χ4n) is 1.50. The highest BCUT2D eigenvalue weighted by Crippen LogP contribution is 2.30. The third kappa shape index (κ3) is 3.25. The fraction of sp³-hybridized carbons (Fsp3) is 0.500. The minimum Gasteiger partial charge on any atom is -0.325 e. The van der Waals surface area contributed by atoms with Crippen molar-refractivity contribution in [3.63, 3.8) is 0 Å². The molecule has 0 aromatic heterocycles. The highest BCUT2D eigenvalue weighted by atomic mass is 79.9. The van der Waals surface area contributed by atoms with Crippen molar-refractivity contribution >= 4 is 15.9 Å². The van der Waals surface area contributed by atoms with E-state index in [0.29, 0.717) is 5.92 Å². The van der Waals surface area contributed by atoms with Crippen LogP contribution in [0.5, 0.6) is 0 Å². The van der Waals surface area contributed by atoms with Crippen LogP contribution in [0.15, 0.2) is 22.7 Å². The van der Waals surface area contributed by atoms with Crippen molar-refractivity contribution in [2.45, 2.75) is 26.2 Å². The van der Waals surface area contributed by atoms with Crippen LogP contribution < -0.4 is 5.73 Å². The zero-order chi connectivity index (χ0) is 12.3. The van der Waals surface area contributed by atoms with E-state index in [-0.39, 0.29) is 5.56 Å². The Bertz CT molecular complexity index is 364. The van der Waals surface area contributed by atoms with Gasteiger partial charge >= 0.3 is 0 Å². The van der Waals surface area contributed by atoms with E-state index in [4.69, 9.17) is 5.73 Å². The fourth-order valence-corrected chi connectivity index (χ4v) is 2.04. The molecule has 1 rings (SSSR count). The molecule has 2 N–H and O–H groups in total. The molecule has 16 heavy (non-hydrogen) atoms. The predicted octanol–water partition coefficient (Wildman–Crippen LogP) is 3.70. The van der Waals surface area contributed by atoms with Crippen LogP contribution in [0, 0.1) is 5.92 Å². The van der Waals surface area contributed by atoms with Crippen LogP contribution in [-0.4, -0.2) is 6.54 Å². The van der Waals surface area contributed by atoms with Gasteiger partial charge in [-0.1, -0.05) is 41.9 Å². The molecule has 0 aliphatic rings. The molecule has 0 fully saturated rings. The van der Waals surface area contributed by atoms with Crippen LogP contribution in [0.1, 0.15) is 25.0 Å². The Morgan fingerprint density at radius 3 is 2.44 bits per heavy atom. The number of hydrogen-bond donors (Lipinski definition) is 1. The van der Waals surface area contributed by atoms with Gasteiger partial charge in [0, 0.05) is 10.0 Å². The molecule has 0 amide bonds. The Kier molecular flexibility index (Phi) is 4.44. The number of alkyl halides is 2. The van der Waals surface area contributed by atoms with Gasteiger partial charge in [0.15, 0.2) is 0 Å². The largest absolute Gasteiger partial charge is 0.325 e. The number of hydrogen-bond acceptors (Lipinski definition) is 1. The van der Waals surface area contributed by atoms with Crippen molar-refractivity contribution in [3.05, 3.63) is 33.8 Å². The van der Waals surface area contributed by atoms with E-state index in [9.17, 15) is 8.78 Å². The second-order valence-corrected chi connectivity index (χ2v) is 5.17. The van der Waals surface area contributed by atoms with Gasteiger partial charge in [-0.25, -0.2) is 0 Å². The molecule has 4 heteroatoms. The first kappa shape index (κ1) is 13.6. The number of benzene rings is 1. The topological polar surface area (TPSA) is 26.0 Å². The molecule has 1 aromatic carbocycles. The van der Waals surface area contributed by atoms with Crippen LogP contribution >= 0.6 is 15.9 Å². The van der Waals surface area contributed by atoms with Crippen molar-refractivity contribution in [3.8, 4) is 0 Å². The molecule has 0 saturated heterocycles. The SMILES string of the molecule is CC(C)Cc1ccc(C(F)(F)CN)cc1Br. The van der Waals surface area contributed by atoms with Crippen molar-refractivity contribution in [2.75, 3.05) is 6.54 Å². The maximum atomic E-state index is 13.3. The van der Waals surface area contributed by atoms with Crippen LogP contribution in [0.3, 0.4) is 0 Å². The lowest BCUT2D eigenvalue weighted by Crippen LogP contribution is -2.25. The lowest BCUT2D eigenvalue weighted by molar-refractivity contribution is 0.00588. The summed E-state index contributed by atoms with van der Waals surface area (Å²) < 4.78 is 27.4. The summed E-state index contributed by atoms with van der Waals surface area (Å²) >= 11 is 3.32. The molecular weight excluding hydrogens is 276 g/mol. The molecule has 0 atom stereocenters. The summed E-state index contributed by atoms with van der Waals surface area (Å²) in [7, 11) is 0. The molecule has 0 heterocycles.